The Hall–Kier alpha value is -2.95. The second kappa shape index (κ2) is 4.78. The lowest BCUT2D eigenvalue weighted by Crippen LogP contribution is -2.26. The van der Waals surface area contributed by atoms with Crippen molar-refractivity contribution in [3.8, 4) is 22.8 Å². The molecule has 2 heterocycles. The highest BCUT2D eigenvalue weighted by molar-refractivity contribution is 5.81. The molecule has 0 unspecified atom stereocenters. The fourth-order valence-corrected chi connectivity index (χ4v) is 3.16. The number of phenols is 2. The highest BCUT2D eigenvalue weighted by Gasteiger charge is 2.29. The van der Waals surface area contributed by atoms with Crippen LogP contribution in [-0.4, -0.2) is 20.0 Å². The van der Waals surface area contributed by atoms with Crippen molar-refractivity contribution in [3.63, 3.8) is 0 Å². The number of nitrogens with zero attached hydrogens (tertiary/aromatic N) is 2. The van der Waals surface area contributed by atoms with Crippen molar-refractivity contribution in [1.29, 1.82) is 0 Å². The van der Waals surface area contributed by atoms with E-state index in [1.165, 1.54) is 6.07 Å². The van der Waals surface area contributed by atoms with Gasteiger partial charge in [0.2, 0.25) is 0 Å². The summed E-state index contributed by atoms with van der Waals surface area (Å²) >= 11 is 0. The molecule has 3 aromatic rings. The molecule has 3 N–H and O–H groups in total. The predicted octanol–water partition coefficient (Wildman–Crippen LogP) is 3.55. The second-order valence-corrected chi connectivity index (χ2v) is 5.87. The van der Waals surface area contributed by atoms with E-state index >= 15 is 0 Å². The molecule has 1 aromatic heterocycles. The van der Waals surface area contributed by atoms with Gasteiger partial charge in [-0.25, -0.2) is 4.68 Å². The van der Waals surface area contributed by atoms with Crippen molar-refractivity contribution >= 4 is 5.69 Å². The summed E-state index contributed by atoms with van der Waals surface area (Å²) < 4.78 is 1.85. The smallest absolute Gasteiger partial charge is 0.164 e. The average molecular weight is 307 g/mol. The molecule has 0 fully saturated rings. The number of hydrogen-bond donors (Lipinski definition) is 3. The molecular formula is C18H17N3O2. The van der Waals surface area contributed by atoms with Gasteiger partial charge < -0.3 is 15.5 Å². The van der Waals surface area contributed by atoms with Crippen molar-refractivity contribution in [2.75, 3.05) is 5.32 Å². The molecule has 0 saturated carbocycles. The van der Waals surface area contributed by atoms with Gasteiger partial charge in [0.05, 0.1) is 11.4 Å². The van der Waals surface area contributed by atoms with Crippen LogP contribution < -0.4 is 5.32 Å². The number of aromatic hydroxyl groups is 2. The van der Waals surface area contributed by atoms with Crippen molar-refractivity contribution in [3.05, 3.63) is 59.3 Å². The zero-order valence-corrected chi connectivity index (χ0v) is 12.9. The Morgan fingerprint density at radius 2 is 1.87 bits per heavy atom. The molecule has 2 aromatic carbocycles. The standard InChI is InChI=1S/C18H17N3O2/c1-10-5-3-6-12-14-9-11(2)20-21(14)18(19-16(10)12)13-7-4-8-15(22)17(13)23/h3-9,18-19,22-23H,1-2H3/t18-/m0/s1. The molecule has 0 saturated heterocycles. The van der Waals surface area contributed by atoms with Crippen LogP contribution >= 0.6 is 0 Å². The van der Waals surface area contributed by atoms with Crippen LogP contribution in [0.15, 0.2) is 42.5 Å². The lowest BCUT2D eigenvalue weighted by atomic mass is 10.00. The van der Waals surface area contributed by atoms with E-state index in [2.05, 4.69) is 16.5 Å². The van der Waals surface area contributed by atoms with E-state index in [4.69, 9.17) is 0 Å². The minimum atomic E-state index is -0.376. The maximum absolute atomic E-state index is 10.3. The van der Waals surface area contributed by atoms with E-state index in [-0.39, 0.29) is 17.7 Å². The first-order valence-corrected chi connectivity index (χ1v) is 7.50. The van der Waals surface area contributed by atoms with Crippen LogP contribution in [0.3, 0.4) is 0 Å². The minimum Gasteiger partial charge on any atom is -0.504 e. The van der Waals surface area contributed by atoms with Gasteiger partial charge in [0.15, 0.2) is 17.7 Å². The van der Waals surface area contributed by atoms with Gasteiger partial charge in [0, 0.05) is 16.8 Å². The first-order valence-electron chi connectivity index (χ1n) is 7.50. The predicted molar refractivity (Wildman–Crippen MR) is 88.7 cm³/mol. The normalized spacial score (nSPS) is 15.7. The number of rotatable bonds is 1. The average Bonchev–Trinajstić information content (AvgIpc) is 2.92. The van der Waals surface area contributed by atoms with Gasteiger partial charge in [0.25, 0.3) is 0 Å². The number of aryl methyl sites for hydroxylation is 2. The Bertz CT molecular complexity index is 915. The summed E-state index contributed by atoms with van der Waals surface area (Å²) in [6.07, 6.45) is -0.376. The summed E-state index contributed by atoms with van der Waals surface area (Å²) in [7, 11) is 0. The van der Waals surface area contributed by atoms with E-state index in [1.807, 2.05) is 36.7 Å². The molecule has 0 bridgehead atoms. The molecule has 1 aliphatic heterocycles. The molecule has 1 atom stereocenters. The number of nitrogens with one attached hydrogen (secondary N) is 1. The van der Waals surface area contributed by atoms with Crippen molar-refractivity contribution in [2.45, 2.75) is 20.0 Å². The van der Waals surface area contributed by atoms with Crippen LogP contribution in [0.1, 0.15) is 23.0 Å². The van der Waals surface area contributed by atoms with Crippen LogP contribution in [0.5, 0.6) is 11.5 Å². The molecule has 0 amide bonds. The first-order chi connectivity index (χ1) is 11.1. The number of hydrogen-bond acceptors (Lipinski definition) is 4. The van der Waals surface area contributed by atoms with E-state index in [9.17, 15) is 10.2 Å². The van der Waals surface area contributed by atoms with Crippen LogP contribution in [-0.2, 0) is 0 Å². The number of para-hydroxylation sites is 2. The number of phenolic OH excluding ortho intramolecular Hbond substituents is 2. The van der Waals surface area contributed by atoms with Gasteiger partial charge in [0.1, 0.15) is 0 Å². The highest BCUT2D eigenvalue weighted by Crippen LogP contribution is 2.43. The number of aromatic nitrogens is 2. The molecule has 23 heavy (non-hydrogen) atoms. The Kier molecular flexibility index (Phi) is 2.84. The van der Waals surface area contributed by atoms with Crippen LogP contribution in [0.2, 0.25) is 0 Å². The molecule has 0 aliphatic carbocycles. The van der Waals surface area contributed by atoms with Crippen molar-refractivity contribution < 1.29 is 10.2 Å². The van der Waals surface area contributed by atoms with Crippen LogP contribution in [0, 0.1) is 13.8 Å². The van der Waals surface area contributed by atoms with Gasteiger partial charge in [-0.2, -0.15) is 5.10 Å². The molecule has 0 spiro atoms. The Morgan fingerprint density at radius 3 is 2.70 bits per heavy atom. The number of anilines is 1. The third-order valence-electron chi connectivity index (χ3n) is 4.27. The third kappa shape index (κ3) is 1.97. The molecule has 4 rings (SSSR count). The zero-order chi connectivity index (χ0) is 16.1. The van der Waals surface area contributed by atoms with Gasteiger partial charge in [-0.3, -0.25) is 0 Å². The molecular weight excluding hydrogens is 290 g/mol. The van der Waals surface area contributed by atoms with Crippen LogP contribution in [0.4, 0.5) is 5.69 Å². The Labute approximate surface area is 133 Å². The second-order valence-electron chi connectivity index (χ2n) is 5.87. The topological polar surface area (TPSA) is 70.3 Å². The summed E-state index contributed by atoms with van der Waals surface area (Å²) in [6, 6.07) is 13.1. The first kappa shape index (κ1) is 13.7. The third-order valence-corrected chi connectivity index (χ3v) is 4.27. The summed E-state index contributed by atoms with van der Waals surface area (Å²) in [5.74, 6) is -0.258. The van der Waals surface area contributed by atoms with Gasteiger partial charge >= 0.3 is 0 Å². The fraction of sp³-hybridized carbons (Fsp3) is 0.167. The van der Waals surface area contributed by atoms with E-state index in [1.54, 1.807) is 12.1 Å². The van der Waals surface area contributed by atoms with E-state index < -0.39 is 0 Å². The van der Waals surface area contributed by atoms with E-state index in [0.29, 0.717) is 5.56 Å². The monoisotopic (exact) mass is 307 g/mol. The van der Waals surface area contributed by atoms with Crippen molar-refractivity contribution in [2.24, 2.45) is 0 Å². The lowest BCUT2D eigenvalue weighted by Gasteiger charge is -2.30. The SMILES string of the molecule is Cc1cc2n(n1)[C@@H](c1cccc(O)c1O)Nc1c(C)cccc1-2. The van der Waals surface area contributed by atoms with Crippen molar-refractivity contribution in [1.82, 2.24) is 9.78 Å². The quantitative estimate of drug-likeness (QED) is 0.601. The van der Waals surface area contributed by atoms with Crippen LogP contribution in [0.25, 0.3) is 11.3 Å². The highest BCUT2D eigenvalue weighted by atomic mass is 16.3. The Balaban J connectivity index is 1.97. The molecule has 116 valence electrons. The summed E-state index contributed by atoms with van der Waals surface area (Å²) in [4.78, 5) is 0. The van der Waals surface area contributed by atoms with Gasteiger partial charge in [-0.05, 0) is 31.5 Å². The fourth-order valence-electron chi connectivity index (χ4n) is 3.16. The maximum atomic E-state index is 10.3. The lowest BCUT2D eigenvalue weighted by molar-refractivity contribution is 0.392. The molecule has 1 aliphatic rings. The van der Waals surface area contributed by atoms with Gasteiger partial charge in [-0.1, -0.05) is 30.3 Å². The summed E-state index contributed by atoms with van der Waals surface area (Å²) in [6.45, 7) is 3.99. The Morgan fingerprint density at radius 1 is 1.09 bits per heavy atom. The molecule has 5 nitrogen and oxygen atoms in total. The molecule has 0 radical (unpaired) electrons. The maximum Gasteiger partial charge on any atom is 0.164 e. The number of fused-ring (bicyclic) bond motifs is 3. The summed E-state index contributed by atoms with van der Waals surface area (Å²) in [5, 5.41) is 28.1. The summed E-state index contributed by atoms with van der Waals surface area (Å²) in [5.41, 5.74) is 5.71. The largest absolute Gasteiger partial charge is 0.504 e. The minimum absolute atomic E-state index is 0.124. The zero-order valence-electron chi connectivity index (χ0n) is 12.9. The number of benzene rings is 2. The van der Waals surface area contributed by atoms with Gasteiger partial charge in [-0.15, -0.1) is 0 Å². The molecule has 5 heteroatoms. The van der Waals surface area contributed by atoms with E-state index in [0.717, 1.165) is 28.2 Å².